The third kappa shape index (κ3) is 2.37. The van der Waals surface area contributed by atoms with Crippen molar-refractivity contribution in [2.24, 2.45) is 0 Å². The molecule has 0 aliphatic carbocycles. The minimum absolute atomic E-state index is 0.00940. The van der Waals surface area contributed by atoms with Crippen LogP contribution in [-0.2, 0) is 0 Å². The Balaban J connectivity index is 2.35. The Hall–Kier alpha value is -2.23. The lowest BCUT2D eigenvalue weighted by molar-refractivity contribution is 0.415. The summed E-state index contributed by atoms with van der Waals surface area (Å²) in [5.74, 6) is -0.735. The Morgan fingerprint density at radius 2 is 1.72 bits per heavy atom. The zero-order valence-corrected chi connectivity index (χ0v) is 9.71. The van der Waals surface area contributed by atoms with E-state index in [1.807, 2.05) is 0 Å². The van der Waals surface area contributed by atoms with Gasteiger partial charge in [-0.1, -0.05) is 0 Å². The van der Waals surface area contributed by atoms with Crippen LogP contribution in [0.3, 0.4) is 0 Å². The van der Waals surface area contributed by atoms with Gasteiger partial charge in [-0.25, -0.2) is 8.78 Å². The molecule has 2 rings (SSSR count). The van der Waals surface area contributed by atoms with E-state index in [4.69, 9.17) is 10.1 Å². The first kappa shape index (κ1) is 12.2. The maximum Gasteiger partial charge on any atom is 0.135 e. The average Bonchev–Trinajstić information content (AvgIpc) is 2.38. The van der Waals surface area contributed by atoms with E-state index in [0.717, 1.165) is 12.1 Å². The van der Waals surface area contributed by atoms with Crippen molar-refractivity contribution in [2.45, 2.75) is 0 Å². The van der Waals surface area contributed by atoms with Crippen molar-refractivity contribution in [3.05, 3.63) is 65.2 Å². The number of benzene rings is 2. The van der Waals surface area contributed by atoms with Gasteiger partial charge in [-0.15, -0.1) is 0 Å². The van der Waals surface area contributed by atoms with E-state index in [2.05, 4.69) is 0 Å². The van der Waals surface area contributed by atoms with Gasteiger partial charge in [0.1, 0.15) is 17.4 Å². The van der Waals surface area contributed by atoms with Crippen LogP contribution in [0.1, 0.15) is 11.1 Å². The summed E-state index contributed by atoms with van der Waals surface area (Å²) in [6.07, 6.45) is 0. The molecule has 0 bridgehead atoms. The van der Waals surface area contributed by atoms with Gasteiger partial charge in [0.15, 0.2) is 0 Å². The summed E-state index contributed by atoms with van der Waals surface area (Å²) >= 11 is 0. The second-order valence-corrected chi connectivity index (χ2v) is 3.73. The molecular weight excluding hydrogens is 236 g/mol. The highest BCUT2D eigenvalue weighted by molar-refractivity contribution is 6.11. The summed E-state index contributed by atoms with van der Waals surface area (Å²) in [5.41, 5.74) is 0.623. The lowest BCUT2D eigenvalue weighted by atomic mass is 10.0. The highest BCUT2D eigenvalue weighted by Crippen LogP contribution is 2.17. The van der Waals surface area contributed by atoms with E-state index in [-0.39, 0.29) is 11.3 Å². The summed E-state index contributed by atoms with van der Waals surface area (Å²) in [5, 5.41) is 7.91. The van der Waals surface area contributed by atoms with Gasteiger partial charge < -0.3 is 4.74 Å². The first-order valence-corrected chi connectivity index (χ1v) is 5.30. The van der Waals surface area contributed by atoms with Crippen LogP contribution in [0.2, 0.25) is 0 Å². The lowest BCUT2D eigenvalue weighted by Crippen LogP contribution is -2.04. The molecule has 1 N–H and O–H groups in total. The van der Waals surface area contributed by atoms with E-state index in [1.54, 1.807) is 31.4 Å². The van der Waals surface area contributed by atoms with Crippen LogP contribution in [0.15, 0.2) is 42.5 Å². The third-order valence-corrected chi connectivity index (χ3v) is 2.58. The van der Waals surface area contributed by atoms with Crippen molar-refractivity contribution in [3.63, 3.8) is 0 Å². The van der Waals surface area contributed by atoms with E-state index >= 15 is 0 Å². The molecule has 0 fully saturated rings. The van der Waals surface area contributed by atoms with Crippen LogP contribution in [0.25, 0.3) is 0 Å². The molecule has 0 unspecified atom stereocenters. The average molecular weight is 247 g/mol. The topological polar surface area (TPSA) is 33.1 Å². The highest BCUT2D eigenvalue weighted by Gasteiger charge is 2.11. The van der Waals surface area contributed by atoms with Crippen molar-refractivity contribution < 1.29 is 13.5 Å². The summed E-state index contributed by atoms with van der Waals surface area (Å²) in [6, 6.07) is 9.85. The standard InChI is InChI=1S/C14H11F2NO/c1-18-11-5-2-9(3-6-11)14(17)12-7-4-10(15)8-13(12)16/h2-8,17H,1H3. The summed E-state index contributed by atoms with van der Waals surface area (Å²) in [6.45, 7) is 0. The van der Waals surface area contributed by atoms with E-state index in [1.165, 1.54) is 6.07 Å². The molecule has 2 aromatic carbocycles. The van der Waals surface area contributed by atoms with Gasteiger partial charge in [-0.3, -0.25) is 5.41 Å². The van der Waals surface area contributed by atoms with Crippen LogP contribution in [-0.4, -0.2) is 12.8 Å². The van der Waals surface area contributed by atoms with Gasteiger partial charge in [-0.05, 0) is 36.4 Å². The molecule has 0 aliphatic rings. The van der Waals surface area contributed by atoms with E-state index in [0.29, 0.717) is 11.3 Å². The zero-order valence-electron chi connectivity index (χ0n) is 9.71. The summed E-state index contributed by atoms with van der Waals surface area (Å²) < 4.78 is 31.3. The molecule has 0 heterocycles. The number of nitrogens with one attached hydrogen (secondary N) is 1. The smallest absolute Gasteiger partial charge is 0.135 e. The molecule has 18 heavy (non-hydrogen) atoms. The molecular formula is C14H11F2NO. The maximum atomic E-state index is 13.5. The molecule has 0 saturated heterocycles. The molecule has 2 aromatic rings. The van der Waals surface area contributed by atoms with Gasteiger partial charge in [0.2, 0.25) is 0 Å². The van der Waals surface area contributed by atoms with Gasteiger partial charge >= 0.3 is 0 Å². The fourth-order valence-corrected chi connectivity index (χ4v) is 1.61. The molecule has 92 valence electrons. The third-order valence-electron chi connectivity index (χ3n) is 2.58. The van der Waals surface area contributed by atoms with Gasteiger partial charge in [0.05, 0.1) is 12.8 Å². The summed E-state index contributed by atoms with van der Waals surface area (Å²) in [7, 11) is 1.54. The molecule has 0 spiro atoms. The zero-order chi connectivity index (χ0) is 13.1. The lowest BCUT2D eigenvalue weighted by Gasteiger charge is -2.07. The monoisotopic (exact) mass is 247 g/mol. The van der Waals surface area contributed by atoms with Crippen molar-refractivity contribution in [2.75, 3.05) is 7.11 Å². The molecule has 0 amide bonds. The number of ether oxygens (including phenoxy) is 1. The second-order valence-electron chi connectivity index (χ2n) is 3.73. The van der Waals surface area contributed by atoms with Crippen LogP contribution >= 0.6 is 0 Å². The molecule has 2 nitrogen and oxygen atoms in total. The largest absolute Gasteiger partial charge is 0.497 e. The predicted molar refractivity (Wildman–Crippen MR) is 65.3 cm³/mol. The molecule has 0 aromatic heterocycles. The molecule has 0 atom stereocenters. The van der Waals surface area contributed by atoms with Crippen molar-refractivity contribution >= 4 is 5.71 Å². The normalized spacial score (nSPS) is 10.2. The van der Waals surface area contributed by atoms with Gasteiger partial charge in [-0.2, -0.15) is 0 Å². The minimum atomic E-state index is -0.740. The SMILES string of the molecule is COc1ccc(C(=N)c2ccc(F)cc2F)cc1. The molecule has 4 heteroatoms. The number of methoxy groups -OCH3 is 1. The van der Waals surface area contributed by atoms with Crippen LogP contribution < -0.4 is 4.74 Å². The number of rotatable bonds is 3. The number of halogens is 2. The van der Waals surface area contributed by atoms with Crippen molar-refractivity contribution in [3.8, 4) is 5.75 Å². The number of hydrogen-bond donors (Lipinski definition) is 1. The Kier molecular flexibility index (Phi) is 3.37. The molecule has 0 aliphatic heterocycles. The fourth-order valence-electron chi connectivity index (χ4n) is 1.61. The van der Waals surface area contributed by atoms with Crippen LogP contribution in [0.5, 0.6) is 5.75 Å². The predicted octanol–water partition coefficient (Wildman–Crippen LogP) is 3.39. The molecule has 0 saturated carbocycles. The maximum absolute atomic E-state index is 13.5. The second kappa shape index (κ2) is 4.96. The van der Waals surface area contributed by atoms with Gasteiger partial charge in [0.25, 0.3) is 0 Å². The summed E-state index contributed by atoms with van der Waals surface area (Å²) in [4.78, 5) is 0. The number of hydrogen-bond acceptors (Lipinski definition) is 2. The van der Waals surface area contributed by atoms with E-state index < -0.39 is 11.6 Å². The quantitative estimate of drug-likeness (QED) is 0.828. The first-order chi connectivity index (χ1) is 8.61. The first-order valence-electron chi connectivity index (χ1n) is 5.30. The Morgan fingerprint density at radius 1 is 1.06 bits per heavy atom. The highest BCUT2D eigenvalue weighted by atomic mass is 19.1. The Bertz CT molecular complexity index is 579. The fraction of sp³-hybridized carbons (Fsp3) is 0.0714. The Morgan fingerprint density at radius 3 is 2.28 bits per heavy atom. The minimum Gasteiger partial charge on any atom is -0.497 e. The van der Waals surface area contributed by atoms with Crippen LogP contribution in [0, 0.1) is 17.0 Å². The van der Waals surface area contributed by atoms with Crippen molar-refractivity contribution in [1.82, 2.24) is 0 Å². The van der Waals surface area contributed by atoms with Gasteiger partial charge in [0, 0.05) is 17.2 Å². The van der Waals surface area contributed by atoms with Crippen molar-refractivity contribution in [1.29, 1.82) is 5.41 Å². The Labute approximate surface area is 103 Å². The van der Waals surface area contributed by atoms with E-state index in [9.17, 15) is 8.78 Å². The molecule has 0 radical (unpaired) electrons. The van der Waals surface area contributed by atoms with Crippen LogP contribution in [0.4, 0.5) is 8.78 Å².